The normalized spacial score (nSPS) is 14.3. The number of halogens is 2. The largest absolute Gasteiger partial charge is 0.353 e. The fourth-order valence-corrected chi connectivity index (χ4v) is 2.64. The van der Waals surface area contributed by atoms with Crippen LogP contribution in [0.3, 0.4) is 0 Å². The van der Waals surface area contributed by atoms with Gasteiger partial charge in [-0.1, -0.05) is 33.6 Å². The minimum absolute atomic E-state index is 0.00455. The molecule has 2 unspecified atom stereocenters. The molecule has 0 aliphatic heterocycles. The van der Waals surface area contributed by atoms with Gasteiger partial charge >= 0.3 is 0 Å². The van der Waals surface area contributed by atoms with Crippen molar-refractivity contribution < 1.29 is 4.79 Å². The molecule has 19 heavy (non-hydrogen) atoms. The van der Waals surface area contributed by atoms with E-state index in [9.17, 15) is 4.79 Å². The quantitative estimate of drug-likeness (QED) is 0.853. The second kappa shape index (κ2) is 7.27. The van der Waals surface area contributed by atoms with E-state index in [2.05, 4.69) is 26.6 Å². The molecule has 1 aromatic carbocycles. The Kier molecular flexibility index (Phi) is 6.30. The van der Waals surface area contributed by atoms with Crippen LogP contribution in [0.15, 0.2) is 22.7 Å². The summed E-state index contributed by atoms with van der Waals surface area (Å²) in [6, 6.07) is 5.64. The van der Waals surface area contributed by atoms with Crippen LogP contribution in [0.5, 0.6) is 0 Å². The highest BCUT2D eigenvalue weighted by atomic mass is 79.9. The van der Waals surface area contributed by atoms with Gasteiger partial charge in [-0.15, -0.1) is 0 Å². The van der Waals surface area contributed by atoms with Gasteiger partial charge in [-0.25, -0.2) is 0 Å². The van der Waals surface area contributed by atoms with Gasteiger partial charge in [0.1, 0.15) is 0 Å². The van der Waals surface area contributed by atoms with Crippen LogP contribution >= 0.6 is 27.5 Å². The van der Waals surface area contributed by atoms with Crippen LogP contribution in [0.25, 0.3) is 0 Å². The molecule has 2 N–H and O–H groups in total. The molecule has 0 spiro atoms. The van der Waals surface area contributed by atoms with E-state index in [-0.39, 0.29) is 24.0 Å². The second-order valence-electron chi connectivity index (χ2n) is 4.94. The number of hydrogen-bond acceptors (Lipinski definition) is 2. The third-order valence-corrected chi connectivity index (χ3v) is 3.57. The molecule has 1 rings (SSSR count). The van der Waals surface area contributed by atoms with Crippen LogP contribution in [0, 0.1) is 0 Å². The molecule has 0 radical (unpaired) electrons. The van der Waals surface area contributed by atoms with Crippen molar-refractivity contribution in [1.82, 2.24) is 10.6 Å². The summed E-state index contributed by atoms with van der Waals surface area (Å²) < 4.78 is 0.944. The average Bonchev–Trinajstić information content (AvgIpc) is 2.27. The van der Waals surface area contributed by atoms with Crippen LogP contribution < -0.4 is 10.6 Å². The molecule has 1 amide bonds. The second-order valence-corrected chi connectivity index (χ2v) is 6.26. The SMILES string of the molecule is CC(C)NC(=O)C(C)NC(C)c1ccc(Br)cc1Cl. The lowest BCUT2D eigenvalue weighted by molar-refractivity contribution is -0.123. The van der Waals surface area contributed by atoms with Crippen LogP contribution in [0.1, 0.15) is 39.3 Å². The Morgan fingerprint density at radius 1 is 1.26 bits per heavy atom. The molecular formula is C14H20BrClN2O. The van der Waals surface area contributed by atoms with Gasteiger partial charge in [0.05, 0.1) is 6.04 Å². The van der Waals surface area contributed by atoms with Crippen LogP contribution in [-0.2, 0) is 4.79 Å². The van der Waals surface area contributed by atoms with E-state index < -0.39 is 0 Å². The lowest BCUT2D eigenvalue weighted by Gasteiger charge is -2.21. The van der Waals surface area contributed by atoms with Gasteiger partial charge in [0.25, 0.3) is 0 Å². The van der Waals surface area contributed by atoms with Crippen molar-refractivity contribution in [3.63, 3.8) is 0 Å². The predicted molar refractivity (Wildman–Crippen MR) is 83.4 cm³/mol. The topological polar surface area (TPSA) is 41.1 Å². The number of amides is 1. The van der Waals surface area contributed by atoms with E-state index in [0.717, 1.165) is 10.0 Å². The Labute approximate surface area is 128 Å². The van der Waals surface area contributed by atoms with Gasteiger partial charge in [0.2, 0.25) is 5.91 Å². The first-order valence-electron chi connectivity index (χ1n) is 6.32. The van der Waals surface area contributed by atoms with Gasteiger partial charge < -0.3 is 5.32 Å². The van der Waals surface area contributed by atoms with Crippen LogP contribution in [0.4, 0.5) is 0 Å². The maximum atomic E-state index is 11.8. The predicted octanol–water partition coefficient (Wildman–Crippen LogP) is 3.67. The van der Waals surface area contributed by atoms with Crippen molar-refractivity contribution in [3.05, 3.63) is 33.3 Å². The minimum Gasteiger partial charge on any atom is -0.353 e. The van der Waals surface area contributed by atoms with Gasteiger partial charge in [-0.05, 0) is 45.4 Å². The zero-order valence-electron chi connectivity index (χ0n) is 11.6. The van der Waals surface area contributed by atoms with Gasteiger partial charge in [-0.2, -0.15) is 0 Å². The summed E-state index contributed by atoms with van der Waals surface area (Å²) in [5.41, 5.74) is 0.981. The number of nitrogens with one attached hydrogen (secondary N) is 2. The third-order valence-electron chi connectivity index (χ3n) is 2.75. The number of carbonyl (C=O) groups is 1. The Morgan fingerprint density at radius 3 is 2.42 bits per heavy atom. The third kappa shape index (κ3) is 5.13. The minimum atomic E-state index is -0.267. The molecule has 0 saturated carbocycles. The highest BCUT2D eigenvalue weighted by molar-refractivity contribution is 9.10. The lowest BCUT2D eigenvalue weighted by atomic mass is 10.1. The smallest absolute Gasteiger partial charge is 0.237 e. The zero-order chi connectivity index (χ0) is 14.6. The first kappa shape index (κ1) is 16.5. The van der Waals surface area contributed by atoms with E-state index in [0.29, 0.717) is 5.02 Å². The zero-order valence-corrected chi connectivity index (χ0v) is 14.0. The maximum Gasteiger partial charge on any atom is 0.237 e. The molecule has 0 fully saturated rings. The Hall–Kier alpha value is -0.580. The monoisotopic (exact) mass is 346 g/mol. The first-order valence-corrected chi connectivity index (χ1v) is 7.49. The summed E-state index contributed by atoms with van der Waals surface area (Å²) >= 11 is 9.58. The number of benzene rings is 1. The van der Waals surface area contributed by atoms with Crippen molar-refractivity contribution in [2.45, 2.75) is 45.8 Å². The fourth-order valence-electron chi connectivity index (χ4n) is 1.80. The van der Waals surface area contributed by atoms with E-state index in [1.54, 1.807) is 0 Å². The van der Waals surface area contributed by atoms with Crippen LogP contribution in [-0.4, -0.2) is 18.0 Å². The average molecular weight is 348 g/mol. The summed E-state index contributed by atoms with van der Waals surface area (Å²) in [6.45, 7) is 7.73. The van der Waals surface area contributed by atoms with Crippen molar-refractivity contribution in [2.75, 3.05) is 0 Å². The molecule has 0 saturated heterocycles. The summed E-state index contributed by atoms with van der Waals surface area (Å²) in [4.78, 5) is 11.8. The van der Waals surface area contributed by atoms with E-state index in [4.69, 9.17) is 11.6 Å². The van der Waals surface area contributed by atoms with Gasteiger partial charge in [-0.3, -0.25) is 10.1 Å². The molecule has 1 aromatic rings. The summed E-state index contributed by atoms with van der Waals surface area (Å²) in [5.74, 6) is -0.00455. The van der Waals surface area contributed by atoms with Crippen LogP contribution in [0.2, 0.25) is 5.02 Å². The highest BCUT2D eigenvalue weighted by Crippen LogP contribution is 2.26. The Morgan fingerprint density at radius 2 is 1.89 bits per heavy atom. The molecule has 0 aliphatic rings. The van der Waals surface area contributed by atoms with Crippen molar-refractivity contribution >= 4 is 33.4 Å². The number of hydrogen-bond donors (Lipinski definition) is 2. The molecule has 0 heterocycles. The van der Waals surface area contributed by atoms with E-state index in [1.807, 2.05) is 45.9 Å². The van der Waals surface area contributed by atoms with E-state index in [1.165, 1.54) is 0 Å². The van der Waals surface area contributed by atoms with Gasteiger partial charge in [0, 0.05) is 21.6 Å². The molecule has 0 bridgehead atoms. The molecule has 5 heteroatoms. The van der Waals surface area contributed by atoms with E-state index >= 15 is 0 Å². The molecule has 3 nitrogen and oxygen atoms in total. The summed E-state index contributed by atoms with van der Waals surface area (Å²) in [6.07, 6.45) is 0. The van der Waals surface area contributed by atoms with Crippen molar-refractivity contribution in [1.29, 1.82) is 0 Å². The number of rotatable bonds is 5. The molecule has 2 atom stereocenters. The Balaban J connectivity index is 2.68. The highest BCUT2D eigenvalue weighted by Gasteiger charge is 2.18. The molecule has 0 aromatic heterocycles. The summed E-state index contributed by atoms with van der Waals surface area (Å²) in [7, 11) is 0. The van der Waals surface area contributed by atoms with Crippen molar-refractivity contribution in [2.24, 2.45) is 0 Å². The standard InChI is InChI=1S/C14H20BrClN2O/c1-8(2)17-14(19)10(4)18-9(3)12-6-5-11(15)7-13(12)16/h5-10,18H,1-4H3,(H,17,19). The fraction of sp³-hybridized carbons (Fsp3) is 0.500. The first-order chi connectivity index (χ1) is 8.81. The van der Waals surface area contributed by atoms with Crippen molar-refractivity contribution in [3.8, 4) is 0 Å². The summed E-state index contributed by atoms with van der Waals surface area (Å²) in [5, 5.41) is 6.82. The molecule has 106 valence electrons. The van der Waals surface area contributed by atoms with Gasteiger partial charge in [0.15, 0.2) is 0 Å². The molecular weight excluding hydrogens is 328 g/mol. The Bertz CT molecular complexity index is 451. The lowest BCUT2D eigenvalue weighted by Crippen LogP contribution is -2.45. The maximum absolute atomic E-state index is 11.8. The number of carbonyl (C=O) groups excluding carboxylic acids is 1. The molecule has 0 aliphatic carbocycles.